The van der Waals surface area contributed by atoms with Gasteiger partial charge in [-0.1, -0.05) is 12.1 Å². The number of amides is 1. The van der Waals surface area contributed by atoms with Crippen LogP contribution >= 0.6 is 0 Å². The van der Waals surface area contributed by atoms with Gasteiger partial charge in [0.05, 0.1) is 13.4 Å². The molecule has 0 bridgehead atoms. The van der Waals surface area contributed by atoms with E-state index in [1.807, 2.05) is 13.8 Å². The zero-order valence-corrected chi connectivity index (χ0v) is 17.8. The van der Waals surface area contributed by atoms with Gasteiger partial charge in [0.2, 0.25) is 0 Å². The lowest BCUT2D eigenvalue weighted by atomic mass is 10.1. The van der Waals surface area contributed by atoms with Crippen LogP contribution in [-0.2, 0) is 16.7 Å². The SMILES string of the molecule is COc1ccc(S(=O)(=O)Oc2cccc(CN(C(=O)c3ccco3)C(C)C)c2)cc1. The smallest absolute Gasteiger partial charge is 0.339 e. The van der Waals surface area contributed by atoms with Gasteiger partial charge >= 0.3 is 10.1 Å². The molecule has 1 aromatic heterocycles. The van der Waals surface area contributed by atoms with Crippen molar-refractivity contribution < 1.29 is 26.5 Å². The maximum absolute atomic E-state index is 12.7. The van der Waals surface area contributed by atoms with E-state index in [9.17, 15) is 13.2 Å². The topological polar surface area (TPSA) is 86.1 Å². The molecule has 3 aromatic rings. The third kappa shape index (κ3) is 5.01. The van der Waals surface area contributed by atoms with Gasteiger partial charge < -0.3 is 18.2 Å². The minimum Gasteiger partial charge on any atom is -0.497 e. The third-order valence-electron chi connectivity index (χ3n) is 4.42. The van der Waals surface area contributed by atoms with Crippen LogP contribution in [0.1, 0.15) is 30.0 Å². The molecule has 0 N–H and O–H groups in total. The van der Waals surface area contributed by atoms with Crippen LogP contribution in [0.3, 0.4) is 0 Å². The first-order chi connectivity index (χ1) is 14.3. The summed E-state index contributed by atoms with van der Waals surface area (Å²) in [6.07, 6.45) is 1.45. The highest BCUT2D eigenvalue weighted by molar-refractivity contribution is 7.87. The molecule has 0 unspecified atom stereocenters. The molecule has 0 atom stereocenters. The number of ether oxygens (including phenoxy) is 1. The van der Waals surface area contributed by atoms with Gasteiger partial charge in [0.25, 0.3) is 5.91 Å². The number of rotatable bonds is 8. The molecule has 158 valence electrons. The fraction of sp³-hybridized carbons (Fsp3) is 0.227. The van der Waals surface area contributed by atoms with Crippen LogP contribution in [-0.4, -0.2) is 32.4 Å². The van der Waals surface area contributed by atoms with E-state index in [0.717, 1.165) is 5.56 Å². The van der Waals surface area contributed by atoms with Crippen LogP contribution in [0.4, 0.5) is 0 Å². The molecule has 0 aliphatic rings. The first kappa shape index (κ1) is 21.4. The van der Waals surface area contributed by atoms with Crippen molar-refractivity contribution >= 4 is 16.0 Å². The fourth-order valence-corrected chi connectivity index (χ4v) is 3.76. The first-order valence-electron chi connectivity index (χ1n) is 9.32. The van der Waals surface area contributed by atoms with E-state index in [1.54, 1.807) is 53.4 Å². The van der Waals surface area contributed by atoms with Gasteiger partial charge in [-0.2, -0.15) is 8.42 Å². The number of furan rings is 1. The van der Waals surface area contributed by atoms with Crippen LogP contribution in [0.25, 0.3) is 0 Å². The molecule has 30 heavy (non-hydrogen) atoms. The second-order valence-electron chi connectivity index (χ2n) is 6.86. The summed E-state index contributed by atoms with van der Waals surface area (Å²) in [5.74, 6) is 0.716. The van der Waals surface area contributed by atoms with Crippen molar-refractivity contribution in [2.75, 3.05) is 7.11 Å². The standard InChI is InChI=1S/C22H23NO6S/c1-16(2)23(22(24)21-8-5-13-28-21)15-17-6-4-7-19(14-17)29-30(25,26)20-11-9-18(27-3)10-12-20/h4-14,16H,15H2,1-3H3. The minimum atomic E-state index is -4.00. The molecule has 1 heterocycles. The van der Waals surface area contributed by atoms with Crippen LogP contribution in [0.15, 0.2) is 76.2 Å². The Hall–Kier alpha value is -3.26. The van der Waals surface area contributed by atoms with Crippen LogP contribution in [0.5, 0.6) is 11.5 Å². The third-order valence-corrected chi connectivity index (χ3v) is 5.68. The molecule has 3 rings (SSSR count). The van der Waals surface area contributed by atoms with E-state index in [1.165, 1.54) is 25.5 Å². The Morgan fingerprint density at radius 2 is 1.77 bits per heavy atom. The Morgan fingerprint density at radius 1 is 1.03 bits per heavy atom. The molecular formula is C22H23NO6S. The Bertz CT molecular complexity index is 1090. The van der Waals surface area contributed by atoms with Gasteiger partial charge in [0.15, 0.2) is 5.76 Å². The first-order valence-corrected chi connectivity index (χ1v) is 10.7. The molecule has 0 fully saturated rings. The monoisotopic (exact) mass is 429 g/mol. The van der Waals surface area contributed by atoms with E-state index in [-0.39, 0.29) is 34.9 Å². The summed E-state index contributed by atoms with van der Waals surface area (Å²) >= 11 is 0. The predicted octanol–water partition coefficient (Wildman–Crippen LogP) is 4.11. The average molecular weight is 429 g/mol. The summed E-state index contributed by atoms with van der Waals surface area (Å²) in [6.45, 7) is 4.07. The molecule has 1 amide bonds. The number of hydrogen-bond donors (Lipinski definition) is 0. The molecule has 0 saturated carbocycles. The highest BCUT2D eigenvalue weighted by Crippen LogP contribution is 2.23. The number of methoxy groups -OCH3 is 1. The van der Waals surface area contributed by atoms with Crippen LogP contribution < -0.4 is 8.92 Å². The highest BCUT2D eigenvalue weighted by Gasteiger charge is 2.22. The van der Waals surface area contributed by atoms with Gasteiger partial charge in [0, 0.05) is 12.6 Å². The molecule has 2 aromatic carbocycles. The quantitative estimate of drug-likeness (QED) is 0.501. The summed E-state index contributed by atoms with van der Waals surface area (Å²) in [5.41, 5.74) is 0.728. The number of hydrogen-bond acceptors (Lipinski definition) is 6. The van der Waals surface area contributed by atoms with Gasteiger partial charge in [0.1, 0.15) is 16.4 Å². The van der Waals surface area contributed by atoms with Crippen molar-refractivity contribution in [1.29, 1.82) is 0 Å². The lowest BCUT2D eigenvalue weighted by molar-refractivity contribution is 0.0657. The molecule has 0 aliphatic heterocycles. The van der Waals surface area contributed by atoms with Crippen molar-refractivity contribution in [3.8, 4) is 11.5 Å². The summed E-state index contributed by atoms with van der Waals surface area (Å²) in [5, 5.41) is 0. The van der Waals surface area contributed by atoms with Gasteiger partial charge in [-0.3, -0.25) is 4.79 Å². The largest absolute Gasteiger partial charge is 0.497 e. The zero-order chi connectivity index (χ0) is 21.7. The van der Waals surface area contributed by atoms with Crippen molar-refractivity contribution in [3.63, 3.8) is 0 Å². The number of carbonyl (C=O) groups is 1. The Labute approximate surface area is 176 Å². The molecule has 0 radical (unpaired) electrons. The van der Waals surface area contributed by atoms with E-state index in [0.29, 0.717) is 5.75 Å². The summed E-state index contributed by atoms with van der Waals surface area (Å²) in [6, 6.07) is 15.8. The molecular weight excluding hydrogens is 406 g/mol. The van der Waals surface area contributed by atoms with E-state index in [4.69, 9.17) is 13.3 Å². The second kappa shape index (κ2) is 9.04. The van der Waals surface area contributed by atoms with Gasteiger partial charge in [-0.15, -0.1) is 0 Å². The summed E-state index contributed by atoms with van der Waals surface area (Å²) in [7, 11) is -2.50. The molecule has 8 heteroatoms. The second-order valence-corrected chi connectivity index (χ2v) is 8.41. The Morgan fingerprint density at radius 3 is 2.37 bits per heavy atom. The van der Waals surface area contributed by atoms with E-state index < -0.39 is 10.1 Å². The lowest BCUT2D eigenvalue weighted by Gasteiger charge is -2.26. The fourth-order valence-electron chi connectivity index (χ4n) is 2.84. The maximum atomic E-state index is 12.7. The molecule has 0 aliphatic carbocycles. The molecule has 7 nitrogen and oxygen atoms in total. The van der Waals surface area contributed by atoms with Gasteiger partial charge in [-0.05, 0) is 67.9 Å². The van der Waals surface area contributed by atoms with Crippen LogP contribution in [0, 0.1) is 0 Å². The zero-order valence-electron chi connectivity index (χ0n) is 16.9. The normalized spacial score (nSPS) is 11.3. The van der Waals surface area contributed by atoms with Crippen molar-refractivity contribution in [2.24, 2.45) is 0 Å². The maximum Gasteiger partial charge on any atom is 0.339 e. The number of nitrogens with zero attached hydrogens (tertiary/aromatic N) is 1. The van der Waals surface area contributed by atoms with Crippen LogP contribution in [0.2, 0.25) is 0 Å². The van der Waals surface area contributed by atoms with Crippen molar-refractivity contribution in [3.05, 3.63) is 78.3 Å². The highest BCUT2D eigenvalue weighted by atomic mass is 32.2. The number of benzene rings is 2. The Balaban J connectivity index is 1.78. The predicted molar refractivity (Wildman–Crippen MR) is 111 cm³/mol. The summed E-state index contributed by atoms with van der Waals surface area (Å²) in [4.78, 5) is 14.4. The minimum absolute atomic E-state index is 0.0190. The average Bonchev–Trinajstić information content (AvgIpc) is 3.26. The lowest BCUT2D eigenvalue weighted by Crippen LogP contribution is -2.36. The van der Waals surface area contributed by atoms with Crippen molar-refractivity contribution in [2.45, 2.75) is 31.3 Å². The van der Waals surface area contributed by atoms with Crippen molar-refractivity contribution in [1.82, 2.24) is 4.90 Å². The van der Waals surface area contributed by atoms with Gasteiger partial charge in [-0.25, -0.2) is 0 Å². The van der Waals surface area contributed by atoms with E-state index >= 15 is 0 Å². The Kier molecular flexibility index (Phi) is 6.47. The molecule has 0 saturated heterocycles. The number of carbonyl (C=O) groups excluding carboxylic acids is 1. The van der Waals surface area contributed by atoms with E-state index in [2.05, 4.69) is 0 Å². The molecule has 0 spiro atoms. The summed E-state index contributed by atoms with van der Waals surface area (Å²) < 4.78 is 40.7.